The van der Waals surface area contributed by atoms with Crippen LogP contribution in [0.15, 0.2) is 17.6 Å². The molecule has 0 saturated carbocycles. The van der Waals surface area contributed by atoms with Crippen LogP contribution in [0.1, 0.15) is 48.0 Å². The number of nitrogens with zero attached hydrogens (tertiary/aromatic N) is 2. The lowest BCUT2D eigenvalue weighted by Gasteiger charge is -2.28. The number of rotatable bonds is 8. The summed E-state index contributed by atoms with van der Waals surface area (Å²) in [6.07, 6.45) is 2.22. The molecule has 148 valence electrons. The van der Waals surface area contributed by atoms with Gasteiger partial charge in [-0.2, -0.15) is 0 Å². The van der Waals surface area contributed by atoms with Crippen LogP contribution in [0.2, 0.25) is 0 Å². The second-order valence-electron chi connectivity index (χ2n) is 7.19. The Labute approximate surface area is 170 Å². The number of amides is 1. The van der Waals surface area contributed by atoms with E-state index in [1.165, 1.54) is 0 Å². The second-order valence-corrected chi connectivity index (χ2v) is 7.19. The number of ether oxygens (including phenoxy) is 1. The lowest BCUT2D eigenvalue weighted by atomic mass is 10.0. The molecule has 2 N–H and O–H groups in total. The van der Waals surface area contributed by atoms with Crippen LogP contribution in [-0.2, 0) is 4.74 Å². The second kappa shape index (κ2) is 13.2. The Kier molecular flexibility index (Phi) is 13.9. The third-order valence-corrected chi connectivity index (χ3v) is 3.35. The molecule has 7 heteroatoms. The zero-order valence-corrected chi connectivity index (χ0v) is 19.2. The maximum atomic E-state index is 12.0. The maximum absolute atomic E-state index is 12.0. The van der Waals surface area contributed by atoms with Gasteiger partial charge in [0.1, 0.15) is 5.60 Å². The quantitative estimate of drug-likeness (QED) is 0.247. The third-order valence-electron chi connectivity index (χ3n) is 3.35. The molecule has 0 aliphatic carbocycles. The fraction of sp³-hybridized carbons (Fsp3) is 0.778. The van der Waals surface area contributed by atoms with Gasteiger partial charge >= 0.3 is 6.09 Å². The monoisotopic (exact) mass is 468 g/mol. The molecule has 0 aromatic carbocycles. The van der Waals surface area contributed by atoms with Crippen LogP contribution >= 0.6 is 24.0 Å². The molecule has 0 aromatic rings. The van der Waals surface area contributed by atoms with Crippen molar-refractivity contribution in [3.05, 3.63) is 12.7 Å². The highest BCUT2D eigenvalue weighted by atomic mass is 127. The van der Waals surface area contributed by atoms with Gasteiger partial charge in [-0.3, -0.25) is 0 Å². The molecule has 1 amide bonds. The van der Waals surface area contributed by atoms with Crippen molar-refractivity contribution in [1.29, 1.82) is 0 Å². The molecule has 6 nitrogen and oxygen atoms in total. The summed E-state index contributed by atoms with van der Waals surface area (Å²) < 4.78 is 5.35. The van der Waals surface area contributed by atoms with Crippen LogP contribution in [0.4, 0.5) is 4.79 Å². The SMILES string of the molecule is C=CCN=C(NCC)N(C)CCC(NC(=O)OC(C)(C)C)C(C)C.I. The van der Waals surface area contributed by atoms with Crippen molar-refractivity contribution in [2.24, 2.45) is 10.9 Å². The Balaban J connectivity index is 0. The molecule has 0 spiro atoms. The first-order chi connectivity index (χ1) is 11.1. The number of hydrogen-bond donors (Lipinski definition) is 2. The summed E-state index contributed by atoms with van der Waals surface area (Å²) in [5.74, 6) is 1.16. The summed E-state index contributed by atoms with van der Waals surface area (Å²) in [4.78, 5) is 18.5. The van der Waals surface area contributed by atoms with Gasteiger partial charge in [0.2, 0.25) is 0 Å². The van der Waals surface area contributed by atoms with Gasteiger partial charge in [0.25, 0.3) is 0 Å². The number of hydrogen-bond acceptors (Lipinski definition) is 3. The van der Waals surface area contributed by atoms with Gasteiger partial charge in [-0.05, 0) is 40.0 Å². The number of alkyl carbamates (subject to hydrolysis) is 1. The van der Waals surface area contributed by atoms with Gasteiger partial charge in [0.05, 0.1) is 6.54 Å². The van der Waals surface area contributed by atoms with E-state index in [0.717, 1.165) is 25.5 Å². The molecule has 0 saturated heterocycles. The third kappa shape index (κ3) is 12.9. The average Bonchev–Trinajstić information content (AvgIpc) is 2.45. The summed E-state index contributed by atoms with van der Waals surface area (Å²) in [6.45, 7) is 17.7. The first-order valence-electron chi connectivity index (χ1n) is 8.70. The first-order valence-corrected chi connectivity index (χ1v) is 8.70. The minimum Gasteiger partial charge on any atom is -0.444 e. The highest BCUT2D eigenvalue weighted by molar-refractivity contribution is 14.0. The fourth-order valence-corrected chi connectivity index (χ4v) is 2.09. The largest absolute Gasteiger partial charge is 0.444 e. The fourth-order valence-electron chi connectivity index (χ4n) is 2.09. The Morgan fingerprint density at radius 1 is 1.36 bits per heavy atom. The zero-order chi connectivity index (χ0) is 18.8. The van der Waals surface area contributed by atoms with E-state index in [9.17, 15) is 4.79 Å². The molecular weight excluding hydrogens is 431 g/mol. The molecule has 0 fully saturated rings. The topological polar surface area (TPSA) is 66.0 Å². The highest BCUT2D eigenvalue weighted by Gasteiger charge is 2.22. The van der Waals surface area contributed by atoms with Gasteiger partial charge in [-0.25, -0.2) is 9.79 Å². The predicted molar refractivity (Wildman–Crippen MR) is 117 cm³/mol. The standard InChI is InChI=1S/C18H36N4O2.HI/c1-9-12-20-16(19-10-2)22(8)13-11-15(14(3)4)21-17(23)24-18(5,6)7;/h9,14-15H,1,10-13H2,2-8H3,(H,19,20)(H,21,23);1H. The number of guanidine groups is 1. The summed E-state index contributed by atoms with van der Waals surface area (Å²) in [6, 6.07) is 0.0459. The smallest absolute Gasteiger partial charge is 0.407 e. The van der Waals surface area contributed by atoms with Gasteiger partial charge in [-0.1, -0.05) is 19.9 Å². The van der Waals surface area contributed by atoms with Crippen LogP contribution in [0, 0.1) is 5.92 Å². The Hall–Kier alpha value is -0.990. The van der Waals surface area contributed by atoms with E-state index < -0.39 is 5.60 Å². The molecule has 0 bridgehead atoms. The van der Waals surface area contributed by atoms with Crippen molar-refractivity contribution >= 4 is 36.0 Å². The molecule has 0 rings (SSSR count). The number of aliphatic imine (C=N–C) groups is 1. The summed E-state index contributed by atoms with van der Waals surface area (Å²) in [5, 5.41) is 6.24. The maximum Gasteiger partial charge on any atom is 0.407 e. The van der Waals surface area contributed by atoms with Gasteiger partial charge < -0.3 is 20.3 Å². The van der Waals surface area contributed by atoms with E-state index in [4.69, 9.17) is 4.74 Å². The number of halogens is 1. The molecule has 0 aliphatic rings. The van der Waals surface area contributed by atoms with E-state index in [1.807, 2.05) is 34.7 Å². The van der Waals surface area contributed by atoms with Crippen molar-refractivity contribution in [2.75, 3.05) is 26.7 Å². The first kappa shape index (κ1) is 26.2. The minimum atomic E-state index is -0.488. The number of carbonyl (C=O) groups excluding carboxylic acids is 1. The highest BCUT2D eigenvalue weighted by Crippen LogP contribution is 2.11. The molecule has 0 radical (unpaired) electrons. The molecule has 1 unspecified atom stereocenters. The molecule has 25 heavy (non-hydrogen) atoms. The Morgan fingerprint density at radius 2 is 1.96 bits per heavy atom. The summed E-state index contributed by atoms with van der Waals surface area (Å²) >= 11 is 0. The van der Waals surface area contributed by atoms with Crippen molar-refractivity contribution in [3.8, 4) is 0 Å². The molecule has 0 aliphatic heterocycles. The molecule has 0 aromatic heterocycles. The Bertz CT molecular complexity index is 420. The van der Waals surface area contributed by atoms with Crippen molar-refractivity contribution in [2.45, 2.75) is 59.6 Å². The van der Waals surface area contributed by atoms with Crippen LogP contribution < -0.4 is 10.6 Å². The van der Waals surface area contributed by atoms with Crippen molar-refractivity contribution in [1.82, 2.24) is 15.5 Å². The zero-order valence-electron chi connectivity index (χ0n) is 16.9. The van der Waals surface area contributed by atoms with E-state index >= 15 is 0 Å². The lowest BCUT2D eigenvalue weighted by molar-refractivity contribution is 0.0486. The van der Waals surface area contributed by atoms with E-state index in [1.54, 1.807) is 6.08 Å². The average molecular weight is 468 g/mol. The van der Waals surface area contributed by atoms with E-state index in [2.05, 4.69) is 41.0 Å². The molecule has 0 heterocycles. The van der Waals surface area contributed by atoms with Crippen molar-refractivity contribution < 1.29 is 9.53 Å². The van der Waals surface area contributed by atoms with Gasteiger partial charge in [-0.15, -0.1) is 30.6 Å². The number of nitrogens with one attached hydrogen (secondary N) is 2. The van der Waals surface area contributed by atoms with Gasteiger partial charge in [0.15, 0.2) is 5.96 Å². The van der Waals surface area contributed by atoms with Crippen LogP contribution in [0.5, 0.6) is 0 Å². The van der Waals surface area contributed by atoms with Crippen LogP contribution in [0.25, 0.3) is 0 Å². The normalized spacial score (nSPS) is 12.9. The van der Waals surface area contributed by atoms with Crippen LogP contribution in [0.3, 0.4) is 0 Å². The lowest BCUT2D eigenvalue weighted by Crippen LogP contribution is -2.45. The van der Waals surface area contributed by atoms with E-state index in [0.29, 0.717) is 12.5 Å². The summed E-state index contributed by atoms with van der Waals surface area (Å²) in [5.41, 5.74) is -0.488. The van der Waals surface area contributed by atoms with Crippen molar-refractivity contribution in [3.63, 3.8) is 0 Å². The Morgan fingerprint density at radius 3 is 2.40 bits per heavy atom. The minimum absolute atomic E-state index is 0. The predicted octanol–water partition coefficient (Wildman–Crippen LogP) is 3.63. The molecule has 1 atom stereocenters. The molecular formula is C18H37IN4O2. The number of carbonyl (C=O) groups is 1. The van der Waals surface area contributed by atoms with Gasteiger partial charge in [0, 0.05) is 26.2 Å². The van der Waals surface area contributed by atoms with Crippen LogP contribution in [-0.4, -0.2) is 55.3 Å². The summed E-state index contributed by atoms with van der Waals surface area (Å²) in [7, 11) is 2.00. The van der Waals surface area contributed by atoms with E-state index in [-0.39, 0.29) is 36.1 Å².